The monoisotopic (exact) mass is 267 g/mol. The maximum atomic E-state index is 3.82. The number of nitrogens with one attached hydrogen (secondary N) is 1. The van der Waals surface area contributed by atoms with Crippen LogP contribution < -0.4 is 5.32 Å². The van der Waals surface area contributed by atoms with E-state index in [1.54, 1.807) is 0 Å². The van der Waals surface area contributed by atoms with E-state index in [9.17, 15) is 0 Å². The van der Waals surface area contributed by atoms with Crippen LogP contribution >= 0.6 is 0 Å². The minimum Gasteiger partial charge on any atom is -0.310 e. The number of hydrogen-bond donors (Lipinski definition) is 1. The standard InChI is InChI=1S/C16H33N3/c1-4-16(5-2)14-19(12-8-10-17-16)13-15-9-6-7-11-18(15)3/h15,17H,4-14H2,1-3H3. The summed E-state index contributed by atoms with van der Waals surface area (Å²) in [6.07, 6.45) is 8.01. The summed E-state index contributed by atoms with van der Waals surface area (Å²) in [7, 11) is 2.31. The van der Waals surface area contributed by atoms with Crippen LogP contribution in [0.15, 0.2) is 0 Å². The second-order valence-corrected chi connectivity index (χ2v) is 6.63. The highest BCUT2D eigenvalue weighted by molar-refractivity contribution is 4.92. The molecule has 1 N–H and O–H groups in total. The van der Waals surface area contributed by atoms with Crippen molar-refractivity contribution in [2.45, 2.75) is 64.0 Å². The maximum Gasteiger partial charge on any atom is 0.0303 e. The number of piperidine rings is 1. The smallest absolute Gasteiger partial charge is 0.0303 e. The lowest BCUT2D eigenvalue weighted by atomic mass is 9.92. The molecular weight excluding hydrogens is 234 g/mol. The molecule has 1 unspecified atom stereocenters. The Kier molecular flexibility index (Phi) is 5.67. The summed E-state index contributed by atoms with van der Waals surface area (Å²) >= 11 is 0. The van der Waals surface area contributed by atoms with Crippen LogP contribution in [0.2, 0.25) is 0 Å². The highest BCUT2D eigenvalue weighted by Gasteiger charge is 2.31. The third kappa shape index (κ3) is 3.93. The SMILES string of the molecule is CCC1(CC)CN(CC2CCCCN2C)CCCN1. The molecule has 0 amide bonds. The molecule has 2 rings (SSSR count). The zero-order valence-electron chi connectivity index (χ0n) is 13.2. The van der Waals surface area contributed by atoms with Gasteiger partial charge in [-0.15, -0.1) is 0 Å². The molecular formula is C16H33N3. The molecule has 0 aromatic carbocycles. The first-order valence-corrected chi connectivity index (χ1v) is 8.37. The van der Waals surface area contributed by atoms with E-state index < -0.39 is 0 Å². The first-order valence-electron chi connectivity index (χ1n) is 8.37. The molecule has 0 radical (unpaired) electrons. The normalized spacial score (nSPS) is 30.2. The second kappa shape index (κ2) is 7.05. The first kappa shape index (κ1) is 15.3. The Morgan fingerprint density at radius 2 is 1.89 bits per heavy atom. The average Bonchev–Trinajstić information content (AvgIpc) is 2.64. The average molecular weight is 267 g/mol. The molecule has 0 saturated carbocycles. The molecule has 0 aliphatic carbocycles. The molecule has 0 spiro atoms. The van der Waals surface area contributed by atoms with Gasteiger partial charge in [-0.25, -0.2) is 0 Å². The Bertz CT molecular complexity index is 263. The second-order valence-electron chi connectivity index (χ2n) is 6.63. The van der Waals surface area contributed by atoms with Crippen molar-refractivity contribution >= 4 is 0 Å². The molecule has 2 saturated heterocycles. The number of hydrogen-bond acceptors (Lipinski definition) is 3. The van der Waals surface area contributed by atoms with Crippen LogP contribution in [-0.4, -0.2) is 61.2 Å². The molecule has 3 nitrogen and oxygen atoms in total. The molecule has 1 atom stereocenters. The van der Waals surface area contributed by atoms with Crippen LogP contribution in [-0.2, 0) is 0 Å². The number of rotatable bonds is 4. The topological polar surface area (TPSA) is 18.5 Å². The van der Waals surface area contributed by atoms with Gasteiger partial charge in [-0.05, 0) is 58.8 Å². The first-order chi connectivity index (χ1) is 9.19. The van der Waals surface area contributed by atoms with E-state index in [2.05, 4.69) is 36.0 Å². The van der Waals surface area contributed by atoms with Gasteiger partial charge in [0.2, 0.25) is 0 Å². The summed E-state index contributed by atoms with van der Waals surface area (Å²) in [4.78, 5) is 5.32. The summed E-state index contributed by atoms with van der Waals surface area (Å²) < 4.78 is 0. The zero-order chi connectivity index (χ0) is 13.7. The van der Waals surface area contributed by atoms with Crippen molar-refractivity contribution in [3.05, 3.63) is 0 Å². The molecule has 19 heavy (non-hydrogen) atoms. The van der Waals surface area contributed by atoms with Crippen molar-refractivity contribution in [2.24, 2.45) is 0 Å². The van der Waals surface area contributed by atoms with E-state index in [-0.39, 0.29) is 0 Å². The fourth-order valence-electron chi connectivity index (χ4n) is 3.77. The summed E-state index contributed by atoms with van der Waals surface area (Å²) in [5.74, 6) is 0. The summed E-state index contributed by atoms with van der Waals surface area (Å²) in [6.45, 7) is 11.0. The Labute approximate surface area is 119 Å². The third-order valence-corrected chi connectivity index (χ3v) is 5.42. The Morgan fingerprint density at radius 1 is 1.11 bits per heavy atom. The van der Waals surface area contributed by atoms with Crippen LogP contribution in [0.4, 0.5) is 0 Å². The minimum absolute atomic E-state index is 0.365. The van der Waals surface area contributed by atoms with Gasteiger partial charge in [0.05, 0.1) is 0 Å². The van der Waals surface area contributed by atoms with Crippen molar-refractivity contribution in [1.29, 1.82) is 0 Å². The fraction of sp³-hybridized carbons (Fsp3) is 1.00. The lowest BCUT2D eigenvalue weighted by Gasteiger charge is -2.40. The maximum absolute atomic E-state index is 3.82. The van der Waals surface area contributed by atoms with Gasteiger partial charge in [0.25, 0.3) is 0 Å². The lowest BCUT2D eigenvalue weighted by Crippen LogP contribution is -2.53. The largest absolute Gasteiger partial charge is 0.310 e. The number of nitrogens with zero attached hydrogens (tertiary/aromatic N) is 2. The Hall–Kier alpha value is -0.120. The van der Waals surface area contributed by atoms with Crippen LogP contribution in [0.5, 0.6) is 0 Å². The van der Waals surface area contributed by atoms with E-state index >= 15 is 0 Å². The van der Waals surface area contributed by atoms with Crippen LogP contribution in [0, 0.1) is 0 Å². The van der Waals surface area contributed by atoms with Crippen molar-refractivity contribution in [3.63, 3.8) is 0 Å². The van der Waals surface area contributed by atoms with Gasteiger partial charge < -0.3 is 10.2 Å². The molecule has 0 aromatic heterocycles. The molecule has 3 heteroatoms. The van der Waals surface area contributed by atoms with E-state index in [1.807, 2.05) is 0 Å². The predicted octanol–water partition coefficient (Wildman–Crippen LogP) is 2.32. The summed E-state index contributed by atoms with van der Waals surface area (Å²) in [6, 6.07) is 0.790. The minimum atomic E-state index is 0.365. The third-order valence-electron chi connectivity index (χ3n) is 5.42. The van der Waals surface area contributed by atoms with Gasteiger partial charge in [0.1, 0.15) is 0 Å². The van der Waals surface area contributed by atoms with Gasteiger partial charge >= 0.3 is 0 Å². The van der Waals surface area contributed by atoms with Gasteiger partial charge in [0.15, 0.2) is 0 Å². The molecule has 2 aliphatic rings. The van der Waals surface area contributed by atoms with Crippen LogP contribution in [0.1, 0.15) is 52.4 Å². The van der Waals surface area contributed by atoms with Gasteiger partial charge in [0, 0.05) is 24.7 Å². The fourth-order valence-corrected chi connectivity index (χ4v) is 3.77. The van der Waals surface area contributed by atoms with E-state index in [0.29, 0.717) is 5.54 Å². The van der Waals surface area contributed by atoms with E-state index in [0.717, 1.165) is 6.04 Å². The van der Waals surface area contributed by atoms with Gasteiger partial charge in [-0.2, -0.15) is 0 Å². The van der Waals surface area contributed by atoms with E-state index in [4.69, 9.17) is 0 Å². The van der Waals surface area contributed by atoms with E-state index in [1.165, 1.54) is 71.2 Å². The summed E-state index contributed by atoms with van der Waals surface area (Å²) in [5, 5.41) is 3.82. The predicted molar refractivity (Wildman–Crippen MR) is 82.6 cm³/mol. The number of likely N-dealkylation sites (N-methyl/N-ethyl adjacent to an activating group) is 1. The Balaban J connectivity index is 1.94. The molecule has 2 aliphatic heterocycles. The molecule has 112 valence electrons. The van der Waals surface area contributed by atoms with Crippen molar-refractivity contribution in [1.82, 2.24) is 15.1 Å². The Morgan fingerprint density at radius 3 is 2.58 bits per heavy atom. The highest BCUT2D eigenvalue weighted by Crippen LogP contribution is 2.22. The van der Waals surface area contributed by atoms with Gasteiger partial charge in [-0.3, -0.25) is 4.90 Å². The van der Waals surface area contributed by atoms with Crippen LogP contribution in [0.25, 0.3) is 0 Å². The number of likely N-dealkylation sites (tertiary alicyclic amines) is 1. The molecule has 2 fully saturated rings. The molecule has 2 heterocycles. The lowest BCUT2D eigenvalue weighted by molar-refractivity contribution is 0.112. The van der Waals surface area contributed by atoms with Crippen LogP contribution in [0.3, 0.4) is 0 Å². The van der Waals surface area contributed by atoms with Crippen molar-refractivity contribution in [2.75, 3.05) is 39.8 Å². The quantitative estimate of drug-likeness (QED) is 0.843. The molecule has 0 aromatic rings. The highest BCUT2D eigenvalue weighted by atomic mass is 15.2. The zero-order valence-corrected chi connectivity index (χ0v) is 13.2. The molecule has 0 bridgehead atoms. The van der Waals surface area contributed by atoms with Crippen molar-refractivity contribution < 1.29 is 0 Å². The van der Waals surface area contributed by atoms with Gasteiger partial charge in [-0.1, -0.05) is 20.3 Å². The summed E-state index contributed by atoms with van der Waals surface area (Å²) in [5.41, 5.74) is 0.365. The van der Waals surface area contributed by atoms with Crippen molar-refractivity contribution in [3.8, 4) is 0 Å².